The maximum absolute atomic E-state index is 12.9. The Bertz CT molecular complexity index is 941. The maximum Gasteiger partial charge on any atom is 0.322 e. The van der Waals surface area contributed by atoms with Gasteiger partial charge in [0.15, 0.2) is 0 Å². The zero-order valence-electron chi connectivity index (χ0n) is 15.2. The van der Waals surface area contributed by atoms with E-state index >= 15 is 0 Å². The number of carbonyl (C=O) groups is 2. The van der Waals surface area contributed by atoms with E-state index in [4.69, 9.17) is 0 Å². The molecular formula is C21H20N4O2S. The van der Waals surface area contributed by atoms with Gasteiger partial charge in [0, 0.05) is 17.1 Å². The van der Waals surface area contributed by atoms with E-state index in [0.717, 1.165) is 29.0 Å². The number of likely N-dealkylation sites (tertiary alicyclic amines) is 1. The van der Waals surface area contributed by atoms with Crippen LogP contribution in [0, 0.1) is 11.3 Å². The molecule has 2 aliphatic heterocycles. The van der Waals surface area contributed by atoms with E-state index in [2.05, 4.69) is 16.7 Å². The summed E-state index contributed by atoms with van der Waals surface area (Å²) in [6, 6.07) is 17.2. The SMILES string of the molecule is N#CC(c1ccccc1)C1CCCN1C(=O)Nc1ccc2c(c1)SCC(=O)N2. The van der Waals surface area contributed by atoms with E-state index < -0.39 is 0 Å². The number of thioether (sulfide) groups is 1. The highest BCUT2D eigenvalue weighted by Crippen LogP contribution is 2.35. The van der Waals surface area contributed by atoms with Gasteiger partial charge in [-0.1, -0.05) is 30.3 Å². The predicted molar refractivity (Wildman–Crippen MR) is 109 cm³/mol. The van der Waals surface area contributed by atoms with E-state index in [-0.39, 0.29) is 23.9 Å². The Morgan fingerprint density at radius 3 is 2.89 bits per heavy atom. The molecule has 0 aromatic heterocycles. The number of benzene rings is 2. The third-order valence-corrected chi connectivity index (χ3v) is 6.16. The fraction of sp³-hybridized carbons (Fsp3) is 0.286. The minimum Gasteiger partial charge on any atom is -0.324 e. The van der Waals surface area contributed by atoms with E-state index in [9.17, 15) is 14.9 Å². The molecule has 28 heavy (non-hydrogen) atoms. The normalized spacial score (nSPS) is 19.3. The highest BCUT2D eigenvalue weighted by molar-refractivity contribution is 8.00. The van der Waals surface area contributed by atoms with E-state index in [1.54, 1.807) is 17.0 Å². The number of rotatable bonds is 3. The molecule has 0 bridgehead atoms. The van der Waals surface area contributed by atoms with Gasteiger partial charge in [-0.3, -0.25) is 4.79 Å². The monoisotopic (exact) mass is 392 g/mol. The highest BCUT2D eigenvalue weighted by atomic mass is 32.2. The molecule has 2 N–H and O–H groups in total. The molecule has 4 rings (SSSR count). The molecule has 6 nitrogen and oxygen atoms in total. The molecule has 0 saturated carbocycles. The number of hydrogen-bond acceptors (Lipinski definition) is 4. The van der Waals surface area contributed by atoms with Crippen LogP contribution in [0.1, 0.15) is 24.3 Å². The molecule has 0 aliphatic carbocycles. The summed E-state index contributed by atoms with van der Waals surface area (Å²) in [6.07, 6.45) is 1.70. The van der Waals surface area contributed by atoms with Gasteiger partial charge in [0.25, 0.3) is 0 Å². The van der Waals surface area contributed by atoms with Crippen LogP contribution in [-0.4, -0.2) is 35.2 Å². The molecule has 0 radical (unpaired) electrons. The average molecular weight is 392 g/mol. The van der Waals surface area contributed by atoms with Crippen molar-refractivity contribution < 1.29 is 9.59 Å². The van der Waals surface area contributed by atoms with Crippen LogP contribution in [-0.2, 0) is 4.79 Å². The fourth-order valence-corrected chi connectivity index (χ4v) is 4.63. The van der Waals surface area contributed by atoms with Crippen LogP contribution in [0.15, 0.2) is 53.4 Å². The number of nitrogens with zero attached hydrogens (tertiary/aromatic N) is 2. The number of urea groups is 1. The molecule has 142 valence electrons. The average Bonchev–Trinajstić information content (AvgIpc) is 3.19. The Kier molecular flexibility index (Phi) is 5.22. The van der Waals surface area contributed by atoms with Gasteiger partial charge in [-0.25, -0.2) is 4.79 Å². The van der Waals surface area contributed by atoms with Crippen molar-refractivity contribution in [2.45, 2.75) is 29.7 Å². The lowest BCUT2D eigenvalue weighted by molar-refractivity contribution is -0.113. The second-order valence-electron chi connectivity index (χ2n) is 6.90. The number of carbonyl (C=O) groups excluding carboxylic acids is 2. The zero-order chi connectivity index (χ0) is 19.5. The van der Waals surface area contributed by atoms with E-state index in [1.165, 1.54) is 11.8 Å². The Hall–Kier alpha value is -2.98. The summed E-state index contributed by atoms with van der Waals surface area (Å²) >= 11 is 1.46. The fourth-order valence-electron chi connectivity index (χ4n) is 3.78. The van der Waals surface area contributed by atoms with E-state index in [1.807, 2.05) is 36.4 Å². The quantitative estimate of drug-likeness (QED) is 0.826. The van der Waals surface area contributed by atoms with Gasteiger partial charge in [0.05, 0.1) is 29.5 Å². The van der Waals surface area contributed by atoms with Crippen LogP contribution >= 0.6 is 11.8 Å². The molecule has 3 amide bonds. The summed E-state index contributed by atoms with van der Waals surface area (Å²) in [5.74, 6) is 0.0147. The number of amides is 3. The van der Waals surface area contributed by atoms with Crippen LogP contribution in [0.5, 0.6) is 0 Å². The molecular weight excluding hydrogens is 372 g/mol. The number of anilines is 2. The third kappa shape index (κ3) is 3.69. The van der Waals surface area contributed by atoms with Crippen LogP contribution < -0.4 is 10.6 Å². The third-order valence-electron chi connectivity index (χ3n) is 5.11. The minimum atomic E-state index is -0.344. The van der Waals surface area contributed by atoms with Crippen LogP contribution in [0.25, 0.3) is 0 Å². The van der Waals surface area contributed by atoms with Crippen molar-refractivity contribution in [3.63, 3.8) is 0 Å². The number of nitriles is 1. The van der Waals surface area contributed by atoms with Crippen molar-refractivity contribution in [3.05, 3.63) is 54.1 Å². The molecule has 2 heterocycles. The van der Waals surface area contributed by atoms with Gasteiger partial charge in [-0.05, 0) is 36.6 Å². The summed E-state index contributed by atoms with van der Waals surface area (Å²) in [5, 5.41) is 15.5. The molecule has 2 unspecified atom stereocenters. The van der Waals surface area contributed by atoms with Crippen LogP contribution in [0.2, 0.25) is 0 Å². The second-order valence-corrected chi connectivity index (χ2v) is 7.92. The molecule has 2 aliphatic rings. The molecule has 2 aromatic carbocycles. The number of nitrogens with one attached hydrogen (secondary N) is 2. The first-order chi connectivity index (χ1) is 13.7. The van der Waals surface area contributed by atoms with Crippen molar-refractivity contribution in [2.75, 3.05) is 22.9 Å². The molecule has 1 saturated heterocycles. The van der Waals surface area contributed by atoms with Gasteiger partial charge >= 0.3 is 6.03 Å². The predicted octanol–water partition coefficient (Wildman–Crippen LogP) is 4.03. The molecule has 0 spiro atoms. The summed E-state index contributed by atoms with van der Waals surface area (Å²) in [4.78, 5) is 27.1. The van der Waals surface area contributed by atoms with Gasteiger partial charge in [-0.2, -0.15) is 5.26 Å². The molecule has 2 aromatic rings. The zero-order valence-corrected chi connectivity index (χ0v) is 16.0. The van der Waals surface area contributed by atoms with Gasteiger partial charge < -0.3 is 15.5 Å². The number of fused-ring (bicyclic) bond motifs is 1. The molecule has 2 atom stereocenters. The van der Waals surface area contributed by atoms with Gasteiger partial charge in [-0.15, -0.1) is 11.8 Å². The first-order valence-electron chi connectivity index (χ1n) is 9.24. The van der Waals surface area contributed by atoms with Crippen LogP contribution in [0.4, 0.5) is 16.2 Å². The summed E-state index contributed by atoms with van der Waals surface area (Å²) in [5.41, 5.74) is 2.40. The molecule has 1 fully saturated rings. The van der Waals surface area contributed by atoms with Crippen LogP contribution in [0.3, 0.4) is 0 Å². The smallest absolute Gasteiger partial charge is 0.322 e. The van der Waals surface area contributed by atoms with Crippen molar-refractivity contribution in [1.82, 2.24) is 4.90 Å². The highest BCUT2D eigenvalue weighted by Gasteiger charge is 2.35. The lowest BCUT2D eigenvalue weighted by Gasteiger charge is -2.28. The van der Waals surface area contributed by atoms with Crippen molar-refractivity contribution in [3.8, 4) is 6.07 Å². The Morgan fingerprint density at radius 2 is 2.11 bits per heavy atom. The van der Waals surface area contributed by atoms with Crippen molar-refractivity contribution in [1.29, 1.82) is 5.26 Å². The second kappa shape index (κ2) is 7.95. The van der Waals surface area contributed by atoms with Crippen molar-refractivity contribution in [2.24, 2.45) is 0 Å². The summed E-state index contributed by atoms with van der Waals surface area (Å²) in [7, 11) is 0. The first kappa shape index (κ1) is 18.4. The van der Waals surface area contributed by atoms with Gasteiger partial charge in [0.2, 0.25) is 5.91 Å². The maximum atomic E-state index is 12.9. The summed E-state index contributed by atoms with van der Waals surface area (Å²) in [6.45, 7) is 0.636. The summed E-state index contributed by atoms with van der Waals surface area (Å²) < 4.78 is 0. The Balaban J connectivity index is 1.50. The Labute approximate surface area is 167 Å². The Morgan fingerprint density at radius 1 is 1.29 bits per heavy atom. The largest absolute Gasteiger partial charge is 0.324 e. The standard InChI is InChI=1S/C21H20N4O2S/c22-12-16(14-5-2-1-3-6-14)18-7-4-10-25(18)21(27)23-15-8-9-17-19(11-15)28-13-20(26)24-17/h1-3,5-6,8-9,11,16,18H,4,7,10,13H2,(H,23,27)(H,24,26). The minimum absolute atomic E-state index is 0.0161. The topological polar surface area (TPSA) is 85.2 Å². The first-order valence-corrected chi connectivity index (χ1v) is 10.2. The van der Waals surface area contributed by atoms with E-state index in [0.29, 0.717) is 18.0 Å². The van der Waals surface area contributed by atoms with Gasteiger partial charge in [0.1, 0.15) is 0 Å². The molecule has 7 heteroatoms. The lowest BCUT2D eigenvalue weighted by Crippen LogP contribution is -2.41. The lowest BCUT2D eigenvalue weighted by atomic mass is 9.91. The van der Waals surface area contributed by atoms with Crippen molar-refractivity contribution >= 4 is 35.1 Å². The number of hydrogen-bond donors (Lipinski definition) is 2.